The predicted molar refractivity (Wildman–Crippen MR) is 111 cm³/mol. The van der Waals surface area contributed by atoms with Crippen LogP contribution in [0.4, 0.5) is 5.69 Å². The first kappa shape index (κ1) is 21.9. The van der Waals surface area contributed by atoms with Crippen LogP contribution in [0, 0.1) is 0 Å². The summed E-state index contributed by atoms with van der Waals surface area (Å²) in [6.45, 7) is 6.57. The van der Waals surface area contributed by atoms with Gasteiger partial charge in [0.15, 0.2) is 0 Å². The molecule has 1 aliphatic heterocycles. The molecule has 4 nitrogen and oxygen atoms in total. The van der Waals surface area contributed by atoms with Crippen molar-refractivity contribution in [2.24, 2.45) is 0 Å². The van der Waals surface area contributed by atoms with Crippen LogP contribution in [0.15, 0.2) is 24.3 Å². The molecule has 0 saturated heterocycles. The molecule has 1 aliphatic rings. The third-order valence-electron chi connectivity index (χ3n) is 5.80. The molecular formula is C23H37NO3. The molecule has 27 heavy (non-hydrogen) atoms. The van der Waals surface area contributed by atoms with Gasteiger partial charge in [-0.15, -0.1) is 0 Å². The molecule has 2 rings (SSSR count). The van der Waals surface area contributed by atoms with Crippen LogP contribution in [-0.4, -0.2) is 34.9 Å². The largest absolute Gasteiger partial charge is 0.393 e. The second kappa shape index (κ2) is 10.2. The van der Waals surface area contributed by atoms with Crippen molar-refractivity contribution in [2.75, 3.05) is 11.4 Å². The molecule has 2 atom stereocenters. The van der Waals surface area contributed by atoms with Crippen molar-refractivity contribution in [3.05, 3.63) is 29.8 Å². The molecule has 0 aromatic heterocycles. The van der Waals surface area contributed by atoms with Crippen LogP contribution in [-0.2, 0) is 10.2 Å². The molecule has 0 radical (unpaired) electrons. The smallest absolute Gasteiger partial charge is 0.237 e. The lowest BCUT2D eigenvalue weighted by molar-refractivity contribution is -0.124. The van der Waals surface area contributed by atoms with Crippen molar-refractivity contribution in [3.8, 4) is 0 Å². The van der Waals surface area contributed by atoms with Gasteiger partial charge in [0.1, 0.15) is 0 Å². The van der Waals surface area contributed by atoms with Gasteiger partial charge in [-0.25, -0.2) is 0 Å². The van der Waals surface area contributed by atoms with E-state index >= 15 is 0 Å². The Labute approximate surface area is 164 Å². The van der Waals surface area contributed by atoms with Gasteiger partial charge >= 0.3 is 0 Å². The summed E-state index contributed by atoms with van der Waals surface area (Å²) in [4.78, 5) is 15.6. The van der Waals surface area contributed by atoms with Crippen molar-refractivity contribution >= 4 is 11.6 Å². The number of aliphatic hydroxyl groups excluding tert-OH is 2. The summed E-state index contributed by atoms with van der Waals surface area (Å²) in [5.74, 6) is 0.219. The minimum absolute atomic E-state index is 0.219. The van der Waals surface area contributed by atoms with Crippen molar-refractivity contribution in [1.29, 1.82) is 0 Å². The molecule has 4 heteroatoms. The molecule has 0 bridgehead atoms. The number of hydrogen-bond acceptors (Lipinski definition) is 3. The van der Waals surface area contributed by atoms with Crippen molar-refractivity contribution in [3.63, 3.8) is 0 Å². The van der Waals surface area contributed by atoms with Gasteiger partial charge < -0.3 is 15.1 Å². The molecule has 152 valence electrons. The molecule has 1 heterocycles. The van der Waals surface area contributed by atoms with Gasteiger partial charge in [-0.2, -0.15) is 0 Å². The van der Waals surface area contributed by atoms with Crippen LogP contribution in [0.3, 0.4) is 0 Å². The first-order valence-electron chi connectivity index (χ1n) is 10.7. The van der Waals surface area contributed by atoms with Crippen LogP contribution < -0.4 is 4.90 Å². The van der Waals surface area contributed by atoms with Crippen molar-refractivity contribution in [2.45, 2.75) is 96.2 Å². The highest BCUT2D eigenvalue weighted by molar-refractivity contribution is 6.08. The SMILES string of the molecule is CCCCCN1C(=O)C(CCCC(C)O)(CCCC(C)O)c2ccccc21. The van der Waals surface area contributed by atoms with Gasteiger partial charge in [-0.1, -0.05) is 38.0 Å². The van der Waals surface area contributed by atoms with Gasteiger partial charge in [-0.3, -0.25) is 4.79 Å². The number of nitrogens with zero attached hydrogens (tertiary/aromatic N) is 1. The number of aliphatic hydroxyl groups is 2. The molecule has 2 N–H and O–H groups in total. The van der Waals surface area contributed by atoms with Crippen molar-refractivity contribution < 1.29 is 15.0 Å². The quantitative estimate of drug-likeness (QED) is 0.526. The minimum atomic E-state index is -0.507. The fraction of sp³-hybridized carbons (Fsp3) is 0.696. The van der Waals surface area contributed by atoms with Crippen molar-refractivity contribution in [1.82, 2.24) is 0 Å². The summed E-state index contributed by atoms with van der Waals surface area (Å²) >= 11 is 0. The van der Waals surface area contributed by atoms with Crippen LogP contribution in [0.25, 0.3) is 0 Å². The van der Waals surface area contributed by atoms with Crippen LogP contribution in [0.5, 0.6) is 0 Å². The maximum absolute atomic E-state index is 13.6. The lowest BCUT2D eigenvalue weighted by Gasteiger charge is -2.30. The zero-order valence-electron chi connectivity index (χ0n) is 17.3. The Bertz CT molecular complexity index is 583. The van der Waals surface area contributed by atoms with Gasteiger partial charge in [0.05, 0.1) is 17.6 Å². The van der Waals surface area contributed by atoms with E-state index in [9.17, 15) is 15.0 Å². The van der Waals surface area contributed by atoms with E-state index in [4.69, 9.17) is 0 Å². The highest BCUT2D eigenvalue weighted by Crippen LogP contribution is 2.48. The number of anilines is 1. The second-order valence-electron chi connectivity index (χ2n) is 8.25. The summed E-state index contributed by atoms with van der Waals surface area (Å²) in [6, 6.07) is 8.22. The Kier molecular flexibility index (Phi) is 8.30. The fourth-order valence-electron chi connectivity index (χ4n) is 4.35. The van der Waals surface area contributed by atoms with Crippen LogP contribution in [0.2, 0.25) is 0 Å². The van der Waals surface area contributed by atoms with E-state index in [0.717, 1.165) is 62.7 Å². The lowest BCUT2D eigenvalue weighted by atomic mass is 9.73. The number of rotatable bonds is 12. The van der Waals surface area contributed by atoms with E-state index in [0.29, 0.717) is 12.8 Å². The molecule has 2 unspecified atom stereocenters. The van der Waals surface area contributed by atoms with E-state index in [1.54, 1.807) is 0 Å². The highest BCUT2D eigenvalue weighted by Gasteiger charge is 2.49. The summed E-state index contributed by atoms with van der Waals surface area (Å²) in [7, 11) is 0. The molecule has 0 saturated carbocycles. The van der Waals surface area contributed by atoms with E-state index < -0.39 is 5.41 Å². The molecule has 0 fully saturated rings. The Morgan fingerprint density at radius 1 is 0.963 bits per heavy atom. The summed E-state index contributed by atoms with van der Waals surface area (Å²) < 4.78 is 0. The molecule has 1 amide bonds. The average Bonchev–Trinajstić information content (AvgIpc) is 2.84. The summed E-state index contributed by atoms with van der Waals surface area (Å²) in [5, 5.41) is 19.4. The van der Waals surface area contributed by atoms with Crippen LogP contribution >= 0.6 is 0 Å². The number of carbonyl (C=O) groups excluding carboxylic acids is 1. The van der Waals surface area contributed by atoms with Gasteiger partial charge in [-0.05, 0) is 70.4 Å². The van der Waals surface area contributed by atoms with E-state index in [-0.39, 0.29) is 18.1 Å². The lowest BCUT2D eigenvalue weighted by Crippen LogP contribution is -2.41. The maximum Gasteiger partial charge on any atom is 0.237 e. The molecule has 1 aromatic carbocycles. The predicted octanol–water partition coefficient (Wildman–Crippen LogP) is 4.56. The molecule has 1 aromatic rings. The fourth-order valence-corrected chi connectivity index (χ4v) is 4.35. The zero-order chi connectivity index (χ0) is 19.9. The third kappa shape index (κ3) is 5.32. The number of carbonyl (C=O) groups is 1. The minimum Gasteiger partial charge on any atom is -0.393 e. The number of amides is 1. The summed E-state index contributed by atoms with van der Waals surface area (Å²) in [6.07, 6.45) is 7.21. The average molecular weight is 376 g/mol. The van der Waals surface area contributed by atoms with Crippen LogP contribution in [0.1, 0.15) is 84.1 Å². The van der Waals surface area contributed by atoms with Gasteiger partial charge in [0.2, 0.25) is 5.91 Å². The summed E-state index contributed by atoms with van der Waals surface area (Å²) in [5.41, 5.74) is 1.70. The Balaban J connectivity index is 2.29. The Morgan fingerprint density at radius 3 is 2.11 bits per heavy atom. The maximum atomic E-state index is 13.6. The normalized spacial score (nSPS) is 21.4. The number of hydrogen-bond donors (Lipinski definition) is 2. The van der Waals surface area contributed by atoms with E-state index in [2.05, 4.69) is 19.1 Å². The Morgan fingerprint density at radius 2 is 1.56 bits per heavy atom. The monoisotopic (exact) mass is 375 g/mol. The van der Waals surface area contributed by atoms with E-state index in [1.165, 1.54) is 0 Å². The zero-order valence-corrected chi connectivity index (χ0v) is 17.3. The van der Waals surface area contributed by atoms with E-state index in [1.807, 2.05) is 30.9 Å². The molecule has 0 aliphatic carbocycles. The standard InChI is InChI=1S/C23H37NO3/c1-4-5-8-17-24-21-14-7-6-13-20(21)23(22(24)27,15-9-11-18(2)25)16-10-12-19(3)26/h6-7,13-14,18-19,25-26H,4-5,8-12,15-17H2,1-3H3. The van der Waals surface area contributed by atoms with Gasteiger partial charge in [0, 0.05) is 12.2 Å². The first-order chi connectivity index (χ1) is 12.9. The number of fused-ring (bicyclic) bond motifs is 1. The second-order valence-corrected chi connectivity index (χ2v) is 8.25. The first-order valence-corrected chi connectivity index (χ1v) is 10.7. The topological polar surface area (TPSA) is 60.8 Å². The molecular weight excluding hydrogens is 338 g/mol. The van der Waals surface area contributed by atoms with Gasteiger partial charge in [0.25, 0.3) is 0 Å². The highest BCUT2D eigenvalue weighted by atomic mass is 16.3. The number of unbranched alkanes of at least 4 members (excludes halogenated alkanes) is 2. The number of benzene rings is 1. The molecule has 0 spiro atoms. The third-order valence-corrected chi connectivity index (χ3v) is 5.80. The number of para-hydroxylation sites is 1. The Hall–Kier alpha value is -1.39.